The number of aromatic nitrogens is 2. The molecule has 0 radical (unpaired) electrons. The number of nitrogens with one attached hydrogen (secondary N) is 1. The van der Waals surface area contributed by atoms with Gasteiger partial charge in [0.25, 0.3) is 0 Å². The molecule has 1 N–H and O–H groups in total. The van der Waals surface area contributed by atoms with Crippen LogP contribution in [0.25, 0.3) is 0 Å². The SMILES string of the molecule is CC(C)[C@@H]1C[C@@H](CNS(=O)(=O)c2cnn(C)c2)c2ccccc21. The molecule has 1 aliphatic rings. The lowest BCUT2D eigenvalue weighted by molar-refractivity contribution is 0.462. The molecular formula is C17H23N3O2S. The van der Waals surface area contributed by atoms with E-state index in [1.54, 1.807) is 7.05 Å². The smallest absolute Gasteiger partial charge is 0.243 e. The van der Waals surface area contributed by atoms with E-state index in [9.17, 15) is 8.42 Å². The fourth-order valence-corrected chi connectivity index (χ4v) is 4.50. The van der Waals surface area contributed by atoms with E-state index in [4.69, 9.17) is 0 Å². The van der Waals surface area contributed by atoms with E-state index in [1.165, 1.54) is 28.2 Å². The molecule has 2 aromatic rings. The zero-order chi connectivity index (χ0) is 16.6. The highest BCUT2D eigenvalue weighted by molar-refractivity contribution is 7.89. The molecule has 0 spiro atoms. The molecule has 0 saturated heterocycles. The summed E-state index contributed by atoms with van der Waals surface area (Å²) in [5.74, 6) is 1.28. The number of aryl methyl sites for hydroxylation is 1. The van der Waals surface area contributed by atoms with Gasteiger partial charge in [0.2, 0.25) is 10.0 Å². The van der Waals surface area contributed by atoms with Crippen LogP contribution in [0, 0.1) is 5.92 Å². The summed E-state index contributed by atoms with van der Waals surface area (Å²) in [6.45, 7) is 4.88. The Balaban J connectivity index is 1.77. The minimum Gasteiger partial charge on any atom is -0.274 e. The van der Waals surface area contributed by atoms with Crippen LogP contribution in [0.3, 0.4) is 0 Å². The van der Waals surface area contributed by atoms with Crippen molar-refractivity contribution >= 4 is 10.0 Å². The number of sulfonamides is 1. The van der Waals surface area contributed by atoms with Crippen molar-refractivity contribution in [2.45, 2.75) is 37.0 Å². The first-order chi connectivity index (χ1) is 10.9. The molecule has 23 heavy (non-hydrogen) atoms. The van der Waals surface area contributed by atoms with Gasteiger partial charge in [0, 0.05) is 19.8 Å². The molecule has 1 aromatic carbocycles. The second kappa shape index (κ2) is 6.09. The summed E-state index contributed by atoms with van der Waals surface area (Å²) in [5.41, 5.74) is 2.65. The van der Waals surface area contributed by atoms with Crippen molar-refractivity contribution in [2.24, 2.45) is 13.0 Å². The van der Waals surface area contributed by atoms with E-state index in [2.05, 4.69) is 41.9 Å². The van der Waals surface area contributed by atoms with Gasteiger partial charge in [-0.15, -0.1) is 0 Å². The Morgan fingerprint density at radius 2 is 2.00 bits per heavy atom. The van der Waals surface area contributed by atoms with Gasteiger partial charge in [0.15, 0.2) is 0 Å². The highest BCUT2D eigenvalue weighted by atomic mass is 32.2. The van der Waals surface area contributed by atoms with E-state index in [-0.39, 0.29) is 10.8 Å². The topological polar surface area (TPSA) is 64.0 Å². The van der Waals surface area contributed by atoms with Crippen molar-refractivity contribution < 1.29 is 8.42 Å². The lowest BCUT2D eigenvalue weighted by atomic mass is 9.90. The Kier molecular flexibility index (Phi) is 4.29. The van der Waals surface area contributed by atoms with Crippen molar-refractivity contribution in [3.63, 3.8) is 0 Å². The summed E-state index contributed by atoms with van der Waals surface area (Å²) >= 11 is 0. The van der Waals surface area contributed by atoms with Crippen molar-refractivity contribution in [1.29, 1.82) is 0 Å². The minimum absolute atomic E-state index is 0.215. The number of rotatable bonds is 5. The van der Waals surface area contributed by atoms with Crippen LogP contribution in [0.5, 0.6) is 0 Å². The van der Waals surface area contributed by atoms with Crippen molar-refractivity contribution in [3.05, 3.63) is 47.8 Å². The quantitative estimate of drug-likeness (QED) is 0.915. The molecule has 0 amide bonds. The van der Waals surface area contributed by atoms with E-state index < -0.39 is 10.0 Å². The van der Waals surface area contributed by atoms with Crippen LogP contribution in [0.4, 0.5) is 0 Å². The highest BCUT2D eigenvalue weighted by Gasteiger charge is 2.33. The van der Waals surface area contributed by atoms with Crippen molar-refractivity contribution in [3.8, 4) is 0 Å². The first-order valence-corrected chi connectivity index (χ1v) is 9.44. The maximum absolute atomic E-state index is 12.4. The third-order valence-corrected chi connectivity index (χ3v) is 6.07. The molecule has 124 valence electrons. The monoisotopic (exact) mass is 333 g/mol. The summed E-state index contributed by atoms with van der Waals surface area (Å²) in [5, 5.41) is 3.93. The fourth-order valence-electron chi connectivity index (χ4n) is 3.44. The molecule has 0 saturated carbocycles. The van der Waals surface area contributed by atoms with Crippen LogP contribution in [0.2, 0.25) is 0 Å². The van der Waals surface area contributed by atoms with Gasteiger partial charge in [-0.25, -0.2) is 13.1 Å². The van der Waals surface area contributed by atoms with Gasteiger partial charge < -0.3 is 0 Å². The number of hydrogen-bond acceptors (Lipinski definition) is 3. The first kappa shape index (κ1) is 16.2. The molecule has 2 atom stereocenters. The maximum Gasteiger partial charge on any atom is 0.243 e. The van der Waals surface area contributed by atoms with Crippen LogP contribution in [0.1, 0.15) is 43.2 Å². The standard InChI is InChI=1S/C17H23N3O2S/c1-12(2)17-8-13(15-6-4-5-7-16(15)17)9-19-23(21,22)14-10-18-20(3)11-14/h4-7,10-13,17,19H,8-9H2,1-3H3/t13-,17-/m0/s1. The average molecular weight is 333 g/mol. The van der Waals surface area contributed by atoms with Crippen LogP contribution in [0.15, 0.2) is 41.6 Å². The van der Waals surface area contributed by atoms with Gasteiger partial charge in [-0.05, 0) is 35.3 Å². The first-order valence-electron chi connectivity index (χ1n) is 7.95. The molecule has 3 rings (SSSR count). The van der Waals surface area contributed by atoms with Crippen LogP contribution in [-0.4, -0.2) is 24.7 Å². The van der Waals surface area contributed by atoms with Gasteiger partial charge in [0.1, 0.15) is 4.90 Å². The fraction of sp³-hybridized carbons (Fsp3) is 0.471. The summed E-state index contributed by atoms with van der Waals surface area (Å²) in [7, 11) is -1.79. The van der Waals surface area contributed by atoms with Crippen LogP contribution in [-0.2, 0) is 17.1 Å². The summed E-state index contributed by atoms with van der Waals surface area (Å²) in [4.78, 5) is 0.215. The number of hydrogen-bond donors (Lipinski definition) is 1. The second-order valence-electron chi connectivity index (χ2n) is 6.61. The van der Waals surface area contributed by atoms with Gasteiger partial charge >= 0.3 is 0 Å². The molecule has 1 heterocycles. The summed E-state index contributed by atoms with van der Waals surface area (Å²) in [6, 6.07) is 8.40. The number of nitrogens with zero attached hydrogens (tertiary/aromatic N) is 2. The number of fused-ring (bicyclic) bond motifs is 1. The molecule has 0 unspecified atom stereocenters. The lowest BCUT2D eigenvalue weighted by Crippen LogP contribution is -2.27. The van der Waals surface area contributed by atoms with Gasteiger partial charge in [-0.1, -0.05) is 38.1 Å². The molecule has 5 nitrogen and oxygen atoms in total. The second-order valence-corrected chi connectivity index (χ2v) is 8.38. The molecule has 6 heteroatoms. The summed E-state index contributed by atoms with van der Waals surface area (Å²) < 4.78 is 29.0. The minimum atomic E-state index is -3.50. The molecule has 0 aliphatic heterocycles. The third kappa shape index (κ3) is 3.19. The molecule has 0 bridgehead atoms. The zero-order valence-corrected chi connectivity index (χ0v) is 14.5. The normalized spacial score (nSPS) is 20.9. The molecular weight excluding hydrogens is 310 g/mol. The molecule has 1 aliphatic carbocycles. The summed E-state index contributed by atoms with van der Waals surface area (Å²) in [6.07, 6.45) is 3.89. The predicted octanol–water partition coefficient (Wildman–Crippen LogP) is 2.63. The number of benzene rings is 1. The van der Waals surface area contributed by atoms with E-state index >= 15 is 0 Å². The van der Waals surface area contributed by atoms with Gasteiger partial charge in [0.05, 0.1) is 6.20 Å². The van der Waals surface area contributed by atoms with Crippen LogP contribution >= 0.6 is 0 Å². The molecule has 0 fully saturated rings. The third-order valence-electron chi connectivity index (χ3n) is 4.69. The lowest BCUT2D eigenvalue weighted by Gasteiger charge is -2.16. The van der Waals surface area contributed by atoms with E-state index in [0.717, 1.165) is 6.42 Å². The Hall–Kier alpha value is -1.66. The maximum atomic E-state index is 12.4. The van der Waals surface area contributed by atoms with Gasteiger partial charge in [-0.2, -0.15) is 5.10 Å². The Morgan fingerprint density at radius 1 is 1.30 bits per heavy atom. The van der Waals surface area contributed by atoms with Gasteiger partial charge in [-0.3, -0.25) is 4.68 Å². The largest absolute Gasteiger partial charge is 0.274 e. The van der Waals surface area contributed by atoms with Crippen LogP contribution < -0.4 is 4.72 Å². The van der Waals surface area contributed by atoms with E-state index in [0.29, 0.717) is 18.4 Å². The van der Waals surface area contributed by atoms with Crippen molar-refractivity contribution in [2.75, 3.05) is 6.54 Å². The highest BCUT2D eigenvalue weighted by Crippen LogP contribution is 2.44. The Morgan fingerprint density at radius 3 is 2.61 bits per heavy atom. The predicted molar refractivity (Wildman–Crippen MR) is 89.8 cm³/mol. The molecule has 1 aromatic heterocycles. The zero-order valence-electron chi connectivity index (χ0n) is 13.7. The van der Waals surface area contributed by atoms with E-state index in [1.807, 2.05) is 6.07 Å². The van der Waals surface area contributed by atoms with Crippen molar-refractivity contribution in [1.82, 2.24) is 14.5 Å². The Bertz CT molecular complexity index is 796. The average Bonchev–Trinajstić information content (AvgIpc) is 3.10. The Labute approximate surface area is 137 Å².